The molecule has 0 amide bonds. The van der Waals surface area contributed by atoms with Crippen molar-refractivity contribution in [2.45, 2.75) is 63.5 Å². The highest BCUT2D eigenvalue weighted by atomic mass is 15.3. The summed E-state index contributed by atoms with van der Waals surface area (Å²) in [6.45, 7) is 5.90. The Morgan fingerprint density at radius 3 is 2.82 bits per heavy atom. The Morgan fingerprint density at radius 1 is 1.41 bits per heavy atom. The van der Waals surface area contributed by atoms with Gasteiger partial charge in [0.2, 0.25) is 0 Å². The Labute approximate surface area is 106 Å². The number of nitrogens with zero attached hydrogens (tertiary/aromatic N) is 1. The Morgan fingerprint density at radius 2 is 2.18 bits per heavy atom. The standard InChI is InChI=1S/C15H26N2/c1-3-5-8-11-17-13-15(9-6-7-10-15)16-12-14(17)4-2/h1,14,16H,4-13H2,2H3. The maximum absolute atomic E-state index is 5.35. The molecule has 1 N–H and O–H groups in total. The molecular formula is C15H26N2. The van der Waals surface area contributed by atoms with Crippen LogP contribution in [0.4, 0.5) is 0 Å². The lowest BCUT2D eigenvalue weighted by atomic mass is 9.91. The summed E-state index contributed by atoms with van der Waals surface area (Å²) in [5.74, 6) is 2.76. The van der Waals surface area contributed by atoms with Gasteiger partial charge in [-0.3, -0.25) is 4.90 Å². The van der Waals surface area contributed by atoms with Crippen LogP contribution >= 0.6 is 0 Å². The monoisotopic (exact) mass is 234 g/mol. The van der Waals surface area contributed by atoms with Gasteiger partial charge in [-0.15, -0.1) is 12.3 Å². The summed E-state index contributed by atoms with van der Waals surface area (Å²) >= 11 is 0. The Balaban J connectivity index is 1.91. The number of hydrogen-bond acceptors (Lipinski definition) is 2. The van der Waals surface area contributed by atoms with Crippen molar-refractivity contribution in [3.05, 3.63) is 0 Å². The average molecular weight is 234 g/mol. The molecule has 96 valence electrons. The van der Waals surface area contributed by atoms with Gasteiger partial charge in [0.1, 0.15) is 0 Å². The second kappa shape index (κ2) is 5.89. The van der Waals surface area contributed by atoms with Crippen LogP contribution in [0.5, 0.6) is 0 Å². The van der Waals surface area contributed by atoms with Crippen molar-refractivity contribution in [1.82, 2.24) is 10.2 Å². The van der Waals surface area contributed by atoms with Gasteiger partial charge in [0, 0.05) is 31.1 Å². The smallest absolute Gasteiger partial charge is 0.0309 e. The SMILES string of the molecule is C#CCCCN1CC2(CCCC2)NCC1CC. The number of hydrogen-bond donors (Lipinski definition) is 1. The van der Waals surface area contributed by atoms with Gasteiger partial charge in [-0.25, -0.2) is 0 Å². The van der Waals surface area contributed by atoms with E-state index in [9.17, 15) is 0 Å². The van der Waals surface area contributed by atoms with E-state index < -0.39 is 0 Å². The Hall–Kier alpha value is -0.520. The van der Waals surface area contributed by atoms with Gasteiger partial charge in [0.05, 0.1) is 0 Å². The molecule has 2 fully saturated rings. The molecule has 0 aromatic heterocycles. The highest BCUT2D eigenvalue weighted by molar-refractivity contribution is 5.00. The van der Waals surface area contributed by atoms with Crippen molar-refractivity contribution < 1.29 is 0 Å². The van der Waals surface area contributed by atoms with E-state index in [2.05, 4.69) is 23.1 Å². The van der Waals surface area contributed by atoms with E-state index in [0.29, 0.717) is 5.54 Å². The first-order valence-corrected chi connectivity index (χ1v) is 7.22. The highest BCUT2D eigenvalue weighted by Gasteiger charge is 2.40. The molecule has 1 spiro atoms. The first-order valence-electron chi connectivity index (χ1n) is 7.22. The van der Waals surface area contributed by atoms with Crippen molar-refractivity contribution in [2.75, 3.05) is 19.6 Å². The molecule has 1 unspecified atom stereocenters. The molecule has 1 heterocycles. The zero-order valence-corrected chi connectivity index (χ0v) is 11.2. The third kappa shape index (κ3) is 3.03. The molecule has 2 heteroatoms. The van der Waals surface area contributed by atoms with E-state index in [0.717, 1.165) is 18.9 Å². The summed E-state index contributed by atoms with van der Waals surface area (Å²) in [7, 11) is 0. The molecule has 0 aromatic rings. The molecular weight excluding hydrogens is 208 g/mol. The number of piperazine rings is 1. The molecule has 1 aliphatic heterocycles. The minimum atomic E-state index is 0.446. The van der Waals surface area contributed by atoms with Crippen molar-refractivity contribution >= 4 is 0 Å². The normalized spacial score (nSPS) is 28.4. The van der Waals surface area contributed by atoms with Crippen molar-refractivity contribution in [2.24, 2.45) is 0 Å². The van der Waals surface area contributed by atoms with Crippen LogP contribution in [0.3, 0.4) is 0 Å². The molecule has 1 atom stereocenters. The molecule has 0 radical (unpaired) electrons. The van der Waals surface area contributed by atoms with Crippen LogP contribution in [-0.2, 0) is 0 Å². The van der Waals surface area contributed by atoms with Crippen LogP contribution in [0.1, 0.15) is 51.9 Å². The van der Waals surface area contributed by atoms with Gasteiger partial charge in [0.25, 0.3) is 0 Å². The number of nitrogens with one attached hydrogen (secondary N) is 1. The van der Waals surface area contributed by atoms with Crippen molar-refractivity contribution in [1.29, 1.82) is 0 Å². The van der Waals surface area contributed by atoms with Gasteiger partial charge >= 0.3 is 0 Å². The number of terminal acetylenes is 1. The quantitative estimate of drug-likeness (QED) is 0.593. The van der Waals surface area contributed by atoms with Crippen LogP contribution < -0.4 is 5.32 Å². The summed E-state index contributed by atoms with van der Waals surface area (Å²) in [6.07, 6.45) is 14.2. The summed E-state index contributed by atoms with van der Waals surface area (Å²) < 4.78 is 0. The number of unbranched alkanes of at least 4 members (excludes halogenated alkanes) is 1. The van der Waals surface area contributed by atoms with E-state index in [1.54, 1.807) is 0 Å². The van der Waals surface area contributed by atoms with E-state index >= 15 is 0 Å². The van der Waals surface area contributed by atoms with Gasteiger partial charge < -0.3 is 5.32 Å². The van der Waals surface area contributed by atoms with E-state index in [-0.39, 0.29) is 0 Å². The molecule has 1 saturated carbocycles. The lowest BCUT2D eigenvalue weighted by Gasteiger charge is -2.46. The van der Waals surface area contributed by atoms with E-state index in [1.165, 1.54) is 51.7 Å². The molecule has 0 aromatic carbocycles. The summed E-state index contributed by atoms with van der Waals surface area (Å²) in [5.41, 5.74) is 0.446. The van der Waals surface area contributed by atoms with Crippen LogP contribution in [-0.4, -0.2) is 36.1 Å². The summed E-state index contributed by atoms with van der Waals surface area (Å²) in [5, 5.41) is 3.83. The zero-order chi connectivity index (χ0) is 12.1. The minimum Gasteiger partial charge on any atom is -0.308 e. The predicted molar refractivity (Wildman–Crippen MR) is 72.9 cm³/mol. The fourth-order valence-corrected chi connectivity index (χ4v) is 3.47. The Kier molecular flexibility index (Phi) is 4.48. The fraction of sp³-hybridized carbons (Fsp3) is 0.867. The van der Waals surface area contributed by atoms with Crippen molar-refractivity contribution in [3.8, 4) is 12.3 Å². The molecule has 0 bridgehead atoms. The van der Waals surface area contributed by atoms with Gasteiger partial charge in [-0.1, -0.05) is 19.8 Å². The van der Waals surface area contributed by atoms with Gasteiger partial charge in [0.15, 0.2) is 0 Å². The minimum absolute atomic E-state index is 0.446. The second-order valence-electron chi connectivity index (χ2n) is 5.71. The van der Waals surface area contributed by atoms with Crippen LogP contribution in [0, 0.1) is 12.3 Å². The van der Waals surface area contributed by atoms with Gasteiger partial charge in [-0.2, -0.15) is 0 Å². The van der Waals surface area contributed by atoms with Crippen LogP contribution in [0.15, 0.2) is 0 Å². The molecule has 2 rings (SSSR count). The maximum atomic E-state index is 5.35. The van der Waals surface area contributed by atoms with E-state index in [4.69, 9.17) is 6.42 Å². The Bertz CT molecular complexity index is 273. The van der Waals surface area contributed by atoms with Gasteiger partial charge in [-0.05, 0) is 32.2 Å². The maximum Gasteiger partial charge on any atom is 0.0309 e. The molecule has 1 saturated heterocycles. The predicted octanol–water partition coefficient (Wildman–Crippen LogP) is 2.40. The molecule has 1 aliphatic carbocycles. The first kappa shape index (κ1) is 12.9. The highest BCUT2D eigenvalue weighted by Crippen LogP contribution is 2.33. The third-order valence-corrected chi connectivity index (χ3v) is 4.53. The molecule has 2 nitrogen and oxygen atoms in total. The summed E-state index contributed by atoms with van der Waals surface area (Å²) in [4.78, 5) is 2.69. The topological polar surface area (TPSA) is 15.3 Å². The lowest BCUT2D eigenvalue weighted by Crippen LogP contribution is -2.63. The molecule has 17 heavy (non-hydrogen) atoms. The first-order chi connectivity index (χ1) is 8.29. The average Bonchev–Trinajstić information content (AvgIpc) is 2.78. The summed E-state index contributed by atoms with van der Waals surface area (Å²) in [6, 6.07) is 0.721. The fourth-order valence-electron chi connectivity index (χ4n) is 3.47. The second-order valence-corrected chi connectivity index (χ2v) is 5.71. The number of rotatable bonds is 4. The van der Waals surface area contributed by atoms with Crippen LogP contribution in [0.2, 0.25) is 0 Å². The van der Waals surface area contributed by atoms with Crippen molar-refractivity contribution in [3.63, 3.8) is 0 Å². The largest absolute Gasteiger partial charge is 0.308 e. The van der Waals surface area contributed by atoms with E-state index in [1.807, 2.05) is 0 Å². The lowest BCUT2D eigenvalue weighted by molar-refractivity contribution is 0.0777. The molecule has 2 aliphatic rings. The zero-order valence-electron chi connectivity index (χ0n) is 11.2. The van der Waals surface area contributed by atoms with Crippen LogP contribution in [0.25, 0.3) is 0 Å². The third-order valence-electron chi connectivity index (χ3n) is 4.53.